The standard InChI is InChI=1S/C34H19N5/c35-20-28-8-6-26(18-30(28)22-37)24-10-14-33(15-11-24)39(32-4-2-1-3-5-32)34-16-12-25(13-17-34)27-7-9-29(21-36)31(19-27)23-38/h1-19H. The molecule has 5 rings (SSSR count). The predicted octanol–water partition coefficient (Wildman–Crippen LogP) is 7.98. The molecule has 0 radical (unpaired) electrons. The molecule has 0 atom stereocenters. The molecule has 0 spiro atoms. The summed E-state index contributed by atoms with van der Waals surface area (Å²) in [5.41, 5.74) is 7.96. The molecule has 5 nitrogen and oxygen atoms in total. The van der Waals surface area contributed by atoms with Crippen molar-refractivity contribution in [1.29, 1.82) is 21.0 Å². The predicted molar refractivity (Wildman–Crippen MR) is 151 cm³/mol. The van der Waals surface area contributed by atoms with Crippen molar-refractivity contribution in [3.63, 3.8) is 0 Å². The van der Waals surface area contributed by atoms with E-state index < -0.39 is 0 Å². The van der Waals surface area contributed by atoms with Crippen LogP contribution in [0.2, 0.25) is 0 Å². The average molecular weight is 498 g/mol. The largest absolute Gasteiger partial charge is 0.311 e. The van der Waals surface area contributed by atoms with Gasteiger partial charge >= 0.3 is 0 Å². The molecule has 0 unspecified atom stereocenters. The fourth-order valence-electron chi connectivity index (χ4n) is 4.46. The van der Waals surface area contributed by atoms with Gasteiger partial charge in [-0.25, -0.2) is 0 Å². The minimum absolute atomic E-state index is 0.356. The van der Waals surface area contributed by atoms with E-state index in [-0.39, 0.29) is 0 Å². The summed E-state index contributed by atoms with van der Waals surface area (Å²) in [5, 5.41) is 37.2. The fraction of sp³-hybridized carbons (Fsp3) is 0. The zero-order chi connectivity index (χ0) is 27.2. The van der Waals surface area contributed by atoms with Crippen molar-refractivity contribution in [3.8, 4) is 46.5 Å². The molecule has 0 aliphatic heterocycles. The molecule has 0 fully saturated rings. The maximum absolute atomic E-state index is 9.40. The van der Waals surface area contributed by atoms with Gasteiger partial charge in [0.25, 0.3) is 0 Å². The molecule has 180 valence electrons. The number of hydrogen-bond donors (Lipinski definition) is 0. The summed E-state index contributed by atoms with van der Waals surface area (Å²) >= 11 is 0. The van der Waals surface area contributed by atoms with E-state index >= 15 is 0 Å². The lowest BCUT2D eigenvalue weighted by atomic mass is 9.99. The van der Waals surface area contributed by atoms with Gasteiger partial charge in [-0.3, -0.25) is 0 Å². The van der Waals surface area contributed by atoms with Crippen LogP contribution < -0.4 is 4.90 Å². The lowest BCUT2D eigenvalue weighted by molar-refractivity contribution is 1.28. The van der Waals surface area contributed by atoms with Gasteiger partial charge in [-0.15, -0.1) is 0 Å². The highest BCUT2D eigenvalue weighted by atomic mass is 15.1. The van der Waals surface area contributed by atoms with Gasteiger partial charge in [-0.2, -0.15) is 21.0 Å². The maximum atomic E-state index is 9.40. The first-order valence-electron chi connectivity index (χ1n) is 12.1. The van der Waals surface area contributed by atoms with E-state index in [1.165, 1.54) is 0 Å². The zero-order valence-electron chi connectivity index (χ0n) is 20.7. The van der Waals surface area contributed by atoms with Crippen molar-refractivity contribution >= 4 is 17.1 Å². The van der Waals surface area contributed by atoms with E-state index in [1.54, 1.807) is 24.3 Å². The Labute approximate surface area is 226 Å². The highest BCUT2D eigenvalue weighted by molar-refractivity contribution is 5.80. The molecule has 5 aromatic rings. The Morgan fingerprint density at radius 3 is 1.10 bits per heavy atom. The molecule has 39 heavy (non-hydrogen) atoms. The van der Waals surface area contributed by atoms with Crippen LogP contribution in [0.25, 0.3) is 22.3 Å². The zero-order valence-corrected chi connectivity index (χ0v) is 20.7. The second-order valence-corrected chi connectivity index (χ2v) is 8.73. The third-order valence-electron chi connectivity index (χ3n) is 6.45. The van der Waals surface area contributed by atoms with Crippen LogP contribution in [0.15, 0.2) is 115 Å². The van der Waals surface area contributed by atoms with E-state index in [0.717, 1.165) is 39.3 Å². The van der Waals surface area contributed by atoms with Crippen LogP contribution in [0.5, 0.6) is 0 Å². The van der Waals surface area contributed by atoms with Gasteiger partial charge in [0.1, 0.15) is 24.3 Å². The molecule has 0 saturated carbocycles. The summed E-state index contributed by atoms with van der Waals surface area (Å²) < 4.78 is 0. The smallest absolute Gasteiger partial charge is 0.101 e. The van der Waals surface area contributed by atoms with E-state index in [0.29, 0.717) is 22.3 Å². The number of nitriles is 4. The van der Waals surface area contributed by atoms with Gasteiger partial charge in [0.2, 0.25) is 0 Å². The average Bonchev–Trinajstić information content (AvgIpc) is 3.01. The van der Waals surface area contributed by atoms with E-state index in [4.69, 9.17) is 0 Å². The Bertz CT molecular complexity index is 1710. The number of hydrogen-bond acceptors (Lipinski definition) is 5. The van der Waals surface area contributed by atoms with Crippen LogP contribution in [0, 0.1) is 45.3 Å². The molecule has 0 amide bonds. The molecule has 0 saturated heterocycles. The van der Waals surface area contributed by atoms with Gasteiger partial charge in [-0.05, 0) is 82.9 Å². The number of para-hydroxylation sites is 1. The Hall–Kier alpha value is -6.14. The van der Waals surface area contributed by atoms with Crippen molar-refractivity contribution in [2.75, 3.05) is 4.90 Å². The number of rotatable bonds is 5. The number of nitrogens with zero attached hydrogens (tertiary/aromatic N) is 5. The maximum Gasteiger partial charge on any atom is 0.101 e. The Kier molecular flexibility index (Phi) is 6.84. The van der Waals surface area contributed by atoms with Gasteiger partial charge < -0.3 is 4.90 Å². The Morgan fingerprint density at radius 2 is 0.718 bits per heavy atom. The first-order valence-corrected chi connectivity index (χ1v) is 12.1. The summed E-state index contributed by atoms with van der Waals surface area (Å²) in [6, 6.07) is 45.0. The van der Waals surface area contributed by atoms with E-state index in [2.05, 4.69) is 29.2 Å². The summed E-state index contributed by atoms with van der Waals surface area (Å²) in [4.78, 5) is 2.15. The first-order chi connectivity index (χ1) is 19.1. The van der Waals surface area contributed by atoms with Crippen LogP contribution in [-0.2, 0) is 0 Å². The van der Waals surface area contributed by atoms with E-state index in [1.807, 2.05) is 91.0 Å². The third kappa shape index (κ3) is 4.94. The molecule has 0 aliphatic rings. The molecule has 0 bridgehead atoms. The molecule has 5 aromatic carbocycles. The summed E-state index contributed by atoms with van der Waals surface area (Å²) in [6.45, 7) is 0. The SMILES string of the molecule is N#Cc1ccc(-c2ccc(N(c3ccccc3)c3ccc(-c4ccc(C#N)c(C#N)c4)cc3)cc2)cc1C#N. The normalized spacial score (nSPS) is 9.95. The van der Waals surface area contributed by atoms with Crippen molar-refractivity contribution in [3.05, 3.63) is 138 Å². The van der Waals surface area contributed by atoms with Crippen LogP contribution in [-0.4, -0.2) is 0 Å². The van der Waals surface area contributed by atoms with Crippen molar-refractivity contribution in [2.45, 2.75) is 0 Å². The van der Waals surface area contributed by atoms with Gasteiger partial charge in [0.05, 0.1) is 22.3 Å². The second kappa shape index (κ2) is 10.9. The Morgan fingerprint density at radius 1 is 0.359 bits per heavy atom. The van der Waals surface area contributed by atoms with Crippen molar-refractivity contribution in [2.24, 2.45) is 0 Å². The highest BCUT2D eigenvalue weighted by Crippen LogP contribution is 2.36. The molecule has 0 aromatic heterocycles. The number of benzene rings is 5. The van der Waals surface area contributed by atoms with Crippen molar-refractivity contribution < 1.29 is 0 Å². The molecule has 0 heterocycles. The van der Waals surface area contributed by atoms with E-state index in [9.17, 15) is 21.0 Å². The van der Waals surface area contributed by atoms with Gasteiger partial charge in [0, 0.05) is 17.1 Å². The van der Waals surface area contributed by atoms with Crippen molar-refractivity contribution in [1.82, 2.24) is 0 Å². The fourth-order valence-corrected chi connectivity index (χ4v) is 4.46. The van der Waals surface area contributed by atoms with Crippen LogP contribution in [0.1, 0.15) is 22.3 Å². The third-order valence-corrected chi connectivity index (χ3v) is 6.45. The van der Waals surface area contributed by atoms with Crippen LogP contribution in [0.3, 0.4) is 0 Å². The summed E-state index contributed by atoms with van der Waals surface area (Å²) in [5.74, 6) is 0. The molecular formula is C34H19N5. The molecule has 0 N–H and O–H groups in total. The van der Waals surface area contributed by atoms with Gasteiger partial charge in [0.15, 0.2) is 0 Å². The Balaban J connectivity index is 1.51. The highest BCUT2D eigenvalue weighted by Gasteiger charge is 2.14. The molecule has 5 heteroatoms. The monoisotopic (exact) mass is 497 g/mol. The quantitative estimate of drug-likeness (QED) is 0.245. The van der Waals surface area contributed by atoms with Crippen LogP contribution in [0.4, 0.5) is 17.1 Å². The van der Waals surface area contributed by atoms with Crippen LogP contribution >= 0.6 is 0 Å². The lowest BCUT2D eigenvalue weighted by Crippen LogP contribution is -2.09. The molecule has 0 aliphatic carbocycles. The molecular weight excluding hydrogens is 478 g/mol. The first kappa shape index (κ1) is 24.5. The second-order valence-electron chi connectivity index (χ2n) is 8.73. The summed E-state index contributed by atoms with van der Waals surface area (Å²) in [7, 11) is 0. The van der Waals surface area contributed by atoms with Gasteiger partial charge in [-0.1, -0.05) is 54.6 Å². The number of anilines is 3. The topological polar surface area (TPSA) is 98.4 Å². The minimum atomic E-state index is 0.356. The minimum Gasteiger partial charge on any atom is -0.311 e. The lowest BCUT2D eigenvalue weighted by Gasteiger charge is -2.26. The summed E-state index contributed by atoms with van der Waals surface area (Å²) in [6.07, 6.45) is 0.